The van der Waals surface area contributed by atoms with Crippen molar-refractivity contribution < 1.29 is 20.4 Å². The molecule has 0 aliphatic carbocycles. The predicted molar refractivity (Wildman–Crippen MR) is 44.0 cm³/mol. The minimum atomic E-state index is -1.45. The SMILES string of the molecule is OCC1(O)C(O)CN2CC(O)CC21. The van der Waals surface area contributed by atoms with Gasteiger partial charge in [-0.2, -0.15) is 0 Å². The smallest absolute Gasteiger partial charge is 0.130 e. The molecule has 2 heterocycles. The first-order valence-corrected chi connectivity index (χ1v) is 4.51. The van der Waals surface area contributed by atoms with Crippen LogP contribution >= 0.6 is 0 Å². The first-order valence-electron chi connectivity index (χ1n) is 4.51. The molecule has 5 nitrogen and oxygen atoms in total. The summed E-state index contributed by atoms with van der Waals surface area (Å²) in [5.74, 6) is 0. The second kappa shape index (κ2) is 2.90. The molecule has 13 heavy (non-hydrogen) atoms. The van der Waals surface area contributed by atoms with Crippen LogP contribution in [0, 0.1) is 0 Å². The van der Waals surface area contributed by atoms with E-state index >= 15 is 0 Å². The van der Waals surface area contributed by atoms with E-state index in [1.165, 1.54) is 0 Å². The van der Waals surface area contributed by atoms with E-state index in [1.807, 2.05) is 4.90 Å². The minimum absolute atomic E-state index is 0.303. The highest BCUT2D eigenvalue weighted by Gasteiger charge is 2.55. The molecule has 4 N–H and O–H groups in total. The maximum atomic E-state index is 9.90. The van der Waals surface area contributed by atoms with Gasteiger partial charge in [-0.15, -0.1) is 0 Å². The zero-order valence-corrected chi connectivity index (χ0v) is 7.30. The summed E-state index contributed by atoms with van der Waals surface area (Å²) >= 11 is 0. The molecule has 0 aromatic carbocycles. The summed E-state index contributed by atoms with van der Waals surface area (Å²) in [6.45, 7) is 0.352. The zero-order chi connectivity index (χ0) is 9.64. The fourth-order valence-corrected chi connectivity index (χ4v) is 2.41. The van der Waals surface area contributed by atoms with Crippen molar-refractivity contribution in [2.75, 3.05) is 19.7 Å². The Hall–Kier alpha value is -0.200. The van der Waals surface area contributed by atoms with Crippen molar-refractivity contribution >= 4 is 0 Å². The summed E-state index contributed by atoms with van der Waals surface area (Å²) in [6, 6.07) is -0.303. The number of fused-ring (bicyclic) bond motifs is 1. The molecule has 0 radical (unpaired) electrons. The number of nitrogens with zero attached hydrogens (tertiary/aromatic N) is 1. The maximum Gasteiger partial charge on any atom is 0.130 e. The number of rotatable bonds is 1. The Kier molecular flexibility index (Phi) is 2.08. The van der Waals surface area contributed by atoms with Gasteiger partial charge in [0.1, 0.15) is 5.60 Å². The number of aliphatic hydroxyl groups excluding tert-OH is 3. The average molecular weight is 189 g/mol. The van der Waals surface area contributed by atoms with E-state index in [9.17, 15) is 15.3 Å². The van der Waals surface area contributed by atoms with Crippen LogP contribution in [0.5, 0.6) is 0 Å². The Labute approximate surface area is 76.2 Å². The van der Waals surface area contributed by atoms with Crippen LogP contribution in [0.1, 0.15) is 6.42 Å². The number of hydrogen-bond acceptors (Lipinski definition) is 5. The summed E-state index contributed by atoms with van der Waals surface area (Å²) in [7, 11) is 0. The lowest BCUT2D eigenvalue weighted by Gasteiger charge is -2.29. The molecule has 0 aromatic heterocycles. The molecule has 5 heteroatoms. The fourth-order valence-electron chi connectivity index (χ4n) is 2.41. The molecule has 2 rings (SSSR count). The van der Waals surface area contributed by atoms with Gasteiger partial charge < -0.3 is 20.4 Å². The van der Waals surface area contributed by atoms with E-state index in [2.05, 4.69) is 0 Å². The van der Waals surface area contributed by atoms with Crippen molar-refractivity contribution in [2.24, 2.45) is 0 Å². The topological polar surface area (TPSA) is 84.2 Å². The molecule has 0 aromatic rings. The summed E-state index contributed by atoms with van der Waals surface area (Å²) < 4.78 is 0. The molecule has 4 unspecified atom stereocenters. The van der Waals surface area contributed by atoms with Gasteiger partial charge in [0.25, 0.3) is 0 Å². The molecule has 2 aliphatic heterocycles. The highest BCUT2D eigenvalue weighted by atomic mass is 16.4. The van der Waals surface area contributed by atoms with Gasteiger partial charge in [0.15, 0.2) is 0 Å². The fraction of sp³-hybridized carbons (Fsp3) is 1.00. The van der Waals surface area contributed by atoms with Crippen LogP contribution < -0.4 is 0 Å². The van der Waals surface area contributed by atoms with Gasteiger partial charge in [-0.25, -0.2) is 0 Å². The van der Waals surface area contributed by atoms with E-state index in [1.54, 1.807) is 0 Å². The van der Waals surface area contributed by atoms with E-state index in [0.29, 0.717) is 19.5 Å². The maximum absolute atomic E-state index is 9.90. The van der Waals surface area contributed by atoms with Crippen molar-refractivity contribution in [2.45, 2.75) is 30.3 Å². The zero-order valence-electron chi connectivity index (χ0n) is 7.30. The molecule has 4 atom stereocenters. The molecule has 0 bridgehead atoms. The summed E-state index contributed by atoms with van der Waals surface area (Å²) in [5, 5.41) is 37.8. The van der Waals surface area contributed by atoms with Crippen LogP contribution in [0.25, 0.3) is 0 Å². The third kappa shape index (κ3) is 1.19. The van der Waals surface area contributed by atoms with Crippen molar-refractivity contribution in [3.8, 4) is 0 Å². The van der Waals surface area contributed by atoms with Crippen LogP contribution in [-0.4, -0.2) is 68.9 Å². The van der Waals surface area contributed by atoms with E-state index < -0.39 is 24.4 Å². The average Bonchev–Trinajstić information content (AvgIpc) is 2.53. The van der Waals surface area contributed by atoms with Crippen molar-refractivity contribution in [3.05, 3.63) is 0 Å². The van der Waals surface area contributed by atoms with Gasteiger partial charge in [0.05, 0.1) is 18.8 Å². The van der Waals surface area contributed by atoms with E-state index in [0.717, 1.165) is 0 Å². The monoisotopic (exact) mass is 189 g/mol. The molecule has 2 fully saturated rings. The van der Waals surface area contributed by atoms with Crippen LogP contribution in [0.2, 0.25) is 0 Å². The van der Waals surface area contributed by atoms with Gasteiger partial charge in [0, 0.05) is 19.1 Å². The molecular formula is C8H15NO4. The van der Waals surface area contributed by atoms with Crippen LogP contribution in [-0.2, 0) is 0 Å². The normalized spacial score (nSPS) is 51.2. The molecule has 0 spiro atoms. The molecule has 0 saturated carbocycles. The van der Waals surface area contributed by atoms with Gasteiger partial charge in [0.2, 0.25) is 0 Å². The lowest BCUT2D eigenvalue weighted by atomic mass is 9.91. The van der Waals surface area contributed by atoms with E-state index in [4.69, 9.17) is 5.11 Å². The standard InChI is InChI=1S/C8H15NO4/c10-4-8(13)6-1-5(11)2-9(6)3-7(8)12/h5-7,10-13H,1-4H2. The third-order valence-corrected chi connectivity index (χ3v) is 3.20. The van der Waals surface area contributed by atoms with Crippen LogP contribution in [0.3, 0.4) is 0 Å². The molecule has 76 valence electrons. The second-order valence-corrected chi connectivity index (χ2v) is 4.02. The highest BCUT2D eigenvalue weighted by Crippen LogP contribution is 2.35. The second-order valence-electron chi connectivity index (χ2n) is 4.02. The van der Waals surface area contributed by atoms with Crippen LogP contribution in [0.4, 0.5) is 0 Å². The molecule has 0 amide bonds. The summed E-state index contributed by atoms with van der Waals surface area (Å²) in [6.07, 6.45) is -0.931. The minimum Gasteiger partial charge on any atom is -0.393 e. The Morgan fingerprint density at radius 1 is 1.31 bits per heavy atom. The Bertz CT molecular complexity index is 212. The van der Waals surface area contributed by atoms with Crippen molar-refractivity contribution in [3.63, 3.8) is 0 Å². The predicted octanol–water partition coefficient (Wildman–Crippen LogP) is -2.48. The lowest BCUT2D eigenvalue weighted by molar-refractivity contribution is -0.0965. The summed E-state index contributed by atoms with van der Waals surface area (Å²) in [5.41, 5.74) is -1.45. The van der Waals surface area contributed by atoms with Gasteiger partial charge in [-0.3, -0.25) is 4.90 Å². The van der Waals surface area contributed by atoms with Gasteiger partial charge in [-0.05, 0) is 6.42 Å². The largest absolute Gasteiger partial charge is 0.393 e. The van der Waals surface area contributed by atoms with Gasteiger partial charge in [-0.1, -0.05) is 0 Å². The number of hydrogen-bond donors (Lipinski definition) is 4. The summed E-state index contributed by atoms with van der Waals surface area (Å²) in [4.78, 5) is 1.82. The first kappa shape index (κ1) is 9.36. The Morgan fingerprint density at radius 2 is 2.00 bits per heavy atom. The molecule has 2 saturated heterocycles. The van der Waals surface area contributed by atoms with Crippen molar-refractivity contribution in [1.82, 2.24) is 4.90 Å². The third-order valence-electron chi connectivity index (χ3n) is 3.20. The first-order chi connectivity index (χ1) is 6.08. The van der Waals surface area contributed by atoms with Crippen molar-refractivity contribution in [1.29, 1.82) is 0 Å². The quantitative estimate of drug-likeness (QED) is 0.367. The Balaban J connectivity index is 2.19. The molecular weight excluding hydrogens is 174 g/mol. The van der Waals surface area contributed by atoms with Gasteiger partial charge >= 0.3 is 0 Å². The molecule has 2 aliphatic rings. The Morgan fingerprint density at radius 3 is 2.62 bits per heavy atom. The van der Waals surface area contributed by atoms with Crippen LogP contribution in [0.15, 0.2) is 0 Å². The van der Waals surface area contributed by atoms with E-state index in [-0.39, 0.29) is 6.04 Å². The number of aliphatic hydroxyl groups is 4. The lowest BCUT2D eigenvalue weighted by Crippen LogP contribution is -2.51. The highest BCUT2D eigenvalue weighted by molar-refractivity contribution is 5.09.